The number of fused-ring (bicyclic) bond motifs is 1. The number of benzene rings is 2. The van der Waals surface area contributed by atoms with Crippen LogP contribution in [-0.2, 0) is 0 Å². The summed E-state index contributed by atoms with van der Waals surface area (Å²) in [5, 5.41) is 11.4. The molecule has 0 spiro atoms. The van der Waals surface area contributed by atoms with Gasteiger partial charge in [0.1, 0.15) is 0 Å². The molecule has 0 saturated carbocycles. The fourth-order valence-electron chi connectivity index (χ4n) is 1.99. The van der Waals surface area contributed by atoms with E-state index in [1.54, 1.807) is 6.07 Å². The molecule has 7 heteroatoms. The molecule has 106 valence electrons. The molecule has 0 radical (unpaired) electrons. The quantitative estimate of drug-likeness (QED) is 0.438. The minimum Gasteiger partial charge on any atom is -0.398 e. The first kappa shape index (κ1) is 13.4. The summed E-state index contributed by atoms with van der Waals surface area (Å²) >= 11 is 1.35. The van der Waals surface area contributed by atoms with E-state index in [0.29, 0.717) is 10.8 Å². The molecule has 0 aliphatic heterocycles. The van der Waals surface area contributed by atoms with E-state index in [1.807, 2.05) is 25.1 Å². The van der Waals surface area contributed by atoms with Gasteiger partial charge in [0, 0.05) is 17.0 Å². The fourth-order valence-corrected chi connectivity index (χ4v) is 2.82. The first-order chi connectivity index (χ1) is 10.0. The van der Waals surface area contributed by atoms with Crippen molar-refractivity contribution in [2.45, 2.75) is 17.0 Å². The van der Waals surface area contributed by atoms with Crippen LogP contribution in [0.5, 0.6) is 0 Å². The molecule has 1 heterocycles. The molecule has 1 aromatic heterocycles. The van der Waals surface area contributed by atoms with Gasteiger partial charge in [0.25, 0.3) is 5.69 Å². The number of nitrogens with two attached hydrogens (primary N) is 1. The third kappa shape index (κ3) is 2.68. The predicted molar refractivity (Wildman–Crippen MR) is 82.5 cm³/mol. The van der Waals surface area contributed by atoms with Crippen LogP contribution in [0.3, 0.4) is 0 Å². The van der Waals surface area contributed by atoms with E-state index in [4.69, 9.17) is 5.73 Å². The number of nitro benzene ring substituents is 1. The maximum Gasteiger partial charge on any atom is 0.271 e. The van der Waals surface area contributed by atoms with Crippen LogP contribution in [0.15, 0.2) is 46.5 Å². The molecule has 3 N–H and O–H groups in total. The molecule has 0 bridgehead atoms. The Morgan fingerprint density at radius 3 is 2.81 bits per heavy atom. The molecule has 0 unspecified atom stereocenters. The average Bonchev–Trinajstić information content (AvgIpc) is 2.82. The van der Waals surface area contributed by atoms with Gasteiger partial charge < -0.3 is 10.7 Å². The summed E-state index contributed by atoms with van der Waals surface area (Å²) < 4.78 is 0. The lowest BCUT2D eigenvalue weighted by molar-refractivity contribution is -0.384. The SMILES string of the molecule is Cc1ccc2nc(Sc3ccc([N+](=O)[O-])cc3N)[nH]c2c1. The summed E-state index contributed by atoms with van der Waals surface area (Å²) in [5.74, 6) is 0. The summed E-state index contributed by atoms with van der Waals surface area (Å²) in [7, 11) is 0. The Labute approximate surface area is 124 Å². The summed E-state index contributed by atoms with van der Waals surface area (Å²) in [6.07, 6.45) is 0. The van der Waals surface area contributed by atoms with Gasteiger partial charge in [-0.3, -0.25) is 10.1 Å². The Kier molecular flexibility index (Phi) is 3.26. The van der Waals surface area contributed by atoms with Gasteiger partial charge in [-0.15, -0.1) is 0 Å². The lowest BCUT2D eigenvalue weighted by Gasteiger charge is -2.02. The smallest absolute Gasteiger partial charge is 0.271 e. The molecule has 0 atom stereocenters. The molecule has 6 nitrogen and oxygen atoms in total. The zero-order valence-electron chi connectivity index (χ0n) is 11.2. The number of H-pyrrole nitrogens is 1. The number of aromatic nitrogens is 2. The van der Waals surface area contributed by atoms with Gasteiger partial charge in [-0.1, -0.05) is 6.07 Å². The third-order valence-corrected chi connectivity index (χ3v) is 4.00. The van der Waals surface area contributed by atoms with E-state index in [2.05, 4.69) is 9.97 Å². The second-order valence-electron chi connectivity index (χ2n) is 4.64. The second-order valence-corrected chi connectivity index (χ2v) is 5.67. The standard InChI is InChI=1S/C14H12N4O2S/c1-8-2-4-11-12(6-8)17-14(16-11)21-13-5-3-9(18(19)20)7-10(13)15/h2-7H,15H2,1H3,(H,16,17). The number of non-ortho nitro benzene ring substituents is 1. The number of nitrogen functional groups attached to an aromatic ring is 1. The van der Waals surface area contributed by atoms with E-state index in [-0.39, 0.29) is 5.69 Å². The zero-order valence-corrected chi connectivity index (χ0v) is 12.0. The van der Waals surface area contributed by atoms with Crippen molar-refractivity contribution < 1.29 is 4.92 Å². The van der Waals surface area contributed by atoms with Crippen molar-refractivity contribution in [1.82, 2.24) is 9.97 Å². The Morgan fingerprint density at radius 2 is 2.10 bits per heavy atom. The summed E-state index contributed by atoms with van der Waals surface area (Å²) in [5.41, 5.74) is 9.19. The molecule has 0 saturated heterocycles. The van der Waals surface area contributed by atoms with Gasteiger partial charge in [0.2, 0.25) is 0 Å². The maximum absolute atomic E-state index is 10.7. The van der Waals surface area contributed by atoms with E-state index in [0.717, 1.165) is 21.5 Å². The minimum absolute atomic E-state index is 0.0166. The first-order valence-corrected chi connectivity index (χ1v) is 7.03. The molecule has 3 aromatic rings. The molecule has 0 aliphatic rings. The summed E-state index contributed by atoms with van der Waals surface area (Å²) in [6.45, 7) is 2.02. The van der Waals surface area contributed by atoms with Crippen molar-refractivity contribution >= 4 is 34.2 Å². The van der Waals surface area contributed by atoms with Crippen LogP contribution >= 0.6 is 11.8 Å². The van der Waals surface area contributed by atoms with Crippen molar-refractivity contribution in [3.05, 3.63) is 52.1 Å². The Balaban J connectivity index is 1.93. The van der Waals surface area contributed by atoms with Crippen molar-refractivity contribution in [3.63, 3.8) is 0 Å². The number of nitro groups is 1. The van der Waals surface area contributed by atoms with Gasteiger partial charge in [-0.05, 0) is 42.4 Å². The molecular formula is C14H12N4O2S. The number of imidazole rings is 1. The third-order valence-electron chi connectivity index (χ3n) is 3.03. The Hall–Kier alpha value is -2.54. The van der Waals surface area contributed by atoms with Crippen molar-refractivity contribution in [3.8, 4) is 0 Å². The molecule has 2 aromatic carbocycles. The molecule has 0 aliphatic carbocycles. The van der Waals surface area contributed by atoms with Crippen LogP contribution in [0.1, 0.15) is 5.56 Å². The first-order valence-electron chi connectivity index (χ1n) is 6.21. The number of nitrogens with zero attached hydrogens (tertiary/aromatic N) is 2. The van der Waals surface area contributed by atoms with Crippen molar-refractivity contribution in [2.75, 3.05) is 5.73 Å². The molecule has 0 fully saturated rings. The number of anilines is 1. The average molecular weight is 300 g/mol. The monoisotopic (exact) mass is 300 g/mol. The number of rotatable bonds is 3. The number of nitrogens with one attached hydrogen (secondary N) is 1. The van der Waals surface area contributed by atoms with E-state index in [1.165, 1.54) is 23.9 Å². The molecule has 3 rings (SSSR count). The number of hydrogen-bond donors (Lipinski definition) is 2. The highest BCUT2D eigenvalue weighted by atomic mass is 32.2. The highest BCUT2D eigenvalue weighted by molar-refractivity contribution is 7.99. The highest BCUT2D eigenvalue weighted by Crippen LogP contribution is 2.33. The van der Waals surface area contributed by atoms with Crippen molar-refractivity contribution in [1.29, 1.82) is 0 Å². The second kappa shape index (κ2) is 5.10. The van der Waals surface area contributed by atoms with Crippen molar-refractivity contribution in [2.24, 2.45) is 0 Å². The molecular weight excluding hydrogens is 288 g/mol. The fraction of sp³-hybridized carbons (Fsp3) is 0.0714. The van der Waals surface area contributed by atoms with Gasteiger partial charge in [0.05, 0.1) is 21.6 Å². The van der Waals surface area contributed by atoms with Gasteiger partial charge in [-0.25, -0.2) is 4.98 Å². The summed E-state index contributed by atoms with van der Waals surface area (Å²) in [6, 6.07) is 10.4. The lowest BCUT2D eigenvalue weighted by atomic mass is 10.2. The van der Waals surface area contributed by atoms with Crippen LogP contribution in [0, 0.1) is 17.0 Å². The maximum atomic E-state index is 10.7. The number of aryl methyl sites for hydroxylation is 1. The van der Waals surface area contributed by atoms with Gasteiger partial charge in [-0.2, -0.15) is 0 Å². The van der Waals surface area contributed by atoms with Crippen LogP contribution in [0.4, 0.5) is 11.4 Å². The lowest BCUT2D eigenvalue weighted by Crippen LogP contribution is -1.93. The molecule has 21 heavy (non-hydrogen) atoms. The van der Waals surface area contributed by atoms with Gasteiger partial charge in [0.15, 0.2) is 5.16 Å². The van der Waals surface area contributed by atoms with Crippen LogP contribution in [-0.4, -0.2) is 14.9 Å². The van der Waals surface area contributed by atoms with Crippen LogP contribution in [0.25, 0.3) is 11.0 Å². The predicted octanol–water partition coefficient (Wildman–Crippen LogP) is 3.51. The number of hydrogen-bond acceptors (Lipinski definition) is 5. The van der Waals surface area contributed by atoms with Crippen LogP contribution in [0.2, 0.25) is 0 Å². The Bertz CT molecular complexity index is 844. The Morgan fingerprint density at radius 1 is 1.29 bits per heavy atom. The number of aromatic amines is 1. The zero-order chi connectivity index (χ0) is 15.0. The largest absolute Gasteiger partial charge is 0.398 e. The van der Waals surface area contributed by atoms with Gasteiger partial charge >= 0.3 is 0 Å². The van der Waals surface area contributed by atoms with E-state index < -0.39 is 4.92 Å². The topological polar surface area (TPSA) is 97.8 Å². The van der Waals surface area contributed by atoms with E-state index >= 15 is 0 Å². The highest BCUT2D eigenvalue weighted by Gasteiger charge is 2.11. The summed E-state index contributed by atoms with van der Waals surface area (Å²) in [4.78, 5) is 18.6. The molecule has 0 amide bonds. The normalized spacial score (nSPS) is 10.9. The van der Waals surface area contributed by atoms with Crippen LogP contribution < -0.4 is 5.73 Å². The minimum atomic E-state index is -0.464. The van der Waals surface area contributed by atoms with E-state index in [9.17, 15) is 10.1 Å².